The summed E-state index contributed by atoms with van der Waals surface area (Å²) in [5.41, 5.74) is 1.25. The molecule has 0 aliphatic carbocycles. The average Bonchev–Trinajstić information content (AvgIpc) is 3.58. The molecule has 8 nitrogen and oxygen atoms in total. The maximum Gasteiger partial charge on any atom is 0.253 e. The monoisotopic (exact) mass is 537 g/mol. The van der Waals surface area contributed by atoms with Gasteiger partial charge in [0.15, 0.2) is 10.9 Å². The molecule has 0 bridgehead atoms. The zero-order valence-electron chi connectivity index (χ0n) is 18.0. The summed E-state index contributed by atoms with van der Waals surface area (Å²) in [6.45, 7) is 0.279. The van der Waals surface area contributed by atoms with Gasteiger partial charge in [0, 0.05) is 23.4 Å². The summed E-state index contributed by atoms with van der Waals surface area (Å²) in [5, 5.41) is 5.86. The molecule has 1 amide bonds. The van der Waals surface area contributed by atoms with Crippen molar-refractivity contribution in [2.45, 2.75) is 29.5 Å². The lowest BCUT2D eigenvalue weighted by molar-refractivity contribution is -0.120. The van der Waals surface area contributed by atoms with Crippen molar-refractivity contribution in [2.24, 2.45) is 0 Å². The number of ether oxygens (including phenoxy) is 1. The van der Waals surface area contributed by atoms with E-state index in [9.17, 15) is 13.2 Å². The maximum absolute atomic E-state index is 13.2. The van der Waals surface area contributed by atoms with E-state index < -0.39 is 22.0 Å². The number of sulfonamides is 1. The molecule has 12 heteroatoms. The van der Waals surface area contributed by atoms with Crippen LogP contribution in [0, 0.1) is 0 Å². The first kappa shape index (κ1) is 23.3. The second kappa shape index (κ2) is 9.31. The molecule has 0 radical (unpaired) electrons. The molecule has 1 unspecified atom stereocenters. The topological polar surface area (TPSA) is 102 Å². The van der Waals surface area contributed by atoms with Gasteiger partial charge in [-0.3, -0.25) is 4.79 Å². The molecule has 3 aromatic heterocycles. The van der Waals surface area contributed by atoms with Gasteiger partial charge >= 0.3 is 0 Å². The largest absolute Gasteiger partial charge is 0.497 e. The normalized spacial score (nSPS) is 17.2. The molecule has 4 heterocycles. The number of rotatable bonds is 6. The second-order valence-corrected chi connectivity index (χ2v) is 12.4. The predicted molar refractivity (Wildman–Crippen MR) is 133 cm³/mol. The predicted octanol–water partition coefficient (Wildman–Crippen LogP) is 5.46. The van der Waals surface area contributed by atoms with Crippen LogP contribution in [0.4, 0.5) is 5.13 Å². The lowest BCUT2D eigenvalue weighted by atomic mass is 10.0. The molecule has 34 heavy (non-hydrogen) atoms. The van der Waals surface area contributed by atoms with E-state index in [2.05, 4.69) is 10.3 Å². The Morgan fingerprint density at radius 1 is 1.26 bits per heavy atom. The van der Waals surface area contributed by atoms with Crippen molar-refractivity contribution in [1.29, 1.82) is 0 Å². The minimum Gasteiger partial charge on any atom is -0.497 e. The summed E-state index contributed by atoms with van der Waals surface area (Å²) in [6, 6.07) is 9.62. The number of fused-ring (bicyclic) bond motifs is 1. The van der Waals surface area contributed by atoms with E-state index >= 15 is 0 Å². The van der Waals surface area contributed by atoms with Crippen molar-refractivity contribution in [3.8, 4) is 17.2 Å². The quantitative estimate of drug-likeness (QED) is 0.350. The standard InChI is InChI=1S/C22H20ClN3O5S3/c1-30-14-6-5-13-10-18(31-17(13)11-14)15-12-32-22(24-15)25-21(27)16-4-2-3-9-26(16)34(28,29)20-8-7-19(23)33-20/h5-8,10-12,16H,2-4,9H2,1H3,(H,24,25,27). The highest BCUT2D eigenvalue weighted by Crippen LogP contribution is 2.34. The van der Waals surface area contributed by atoms with E-state index in [4.69, 9.17) is 20.8 Å². The van der Waals surface area contributed by atoms with Crippen LogP contribution in [0.3, 0.4) is 0 Å². The van der Waals surface area contributed by atoms with Crippen LogP contribution in [0.2, 0.25) is 4.34 Å². The zero-order chi connectivity index (χ0) is 23.9. The van der Waals surface area contributed by atoms with E-state index in [1.54, 1.807) is 24.6 Å². The summed E-state index contributed by atoms with van der Waals surface area (Å²) in [7, 11) is -2.23. The number of nitrogens with one attached hydrogen (secondary N) is 1. The Bertz CT molecular complexity index is 1460. The minimum atomic E-state index is -3.82. The van der Waals surface area contributed by atoms with Crippen LogP contribution in [0.15, 0.2) is 50.4 Å². The molecule has 4 aromatic rings. The molecule has 1 saturated heterocycles. The molecule has 1 fully saturated rings. The van der Waals surface area contributed by atoms with E-state index in [0.29, 0.717) is 45.1 Å². The number of aromatic nitrogens is 1. The zero-order valence-corrected chi connectivity index (χ0v) is 21.2. The van der Waals surface area contributed by atoms with Crippen LogP contribution >= 0.6 is 34.3 Å². The lowest BCUT2D eigenvalue weighted by Gasteiger charge is -2.32. The van der Waals surface area contributed by atoms with Gasteiger partial charge in [0.1, 0.15) is 27.3 Å². The highest BCUT2D eigenvalue weighted by atomic mass is 35.5. The Hall–Kier alpha value is -2.44. The molecule has 0 saturated carbocycles. The Morgan fingerprint density at radius 3 is 2.88 bits per heavy atom. The number of furan rings is 1. The Balaban J connectivity index is 1.35. The Morgan fingerprint density at radius 2 is 2.12 bits per heavy atom. The van der Waals surface area contributed by atoms with Gasteiger partial charge in [0.25, 0.3) is 10.0 Å². The van der Waals surface area contributed by atoms with Crippen molar-refractivity contribution >= 4 is 66.3 Å². The fourth-order valence-electron chi connectivity index (χ4n) is 3.90. The van der Waals surface area contributed by atoms with Gasteiger partial charge in [0.2, 0.25) is 5.91 Å². The molecule has 1 aliphatic heterocycles. The molecular formula is C22H20ClN3O5S3. The number of amides is 1. The number of methoxy groups -OCH3 is 1. The highest BCUT2D eigenvalue weighted by molar-refractivity contribution is 7.91. The third-order valence-corrected chi connectivity index (χ3v) is 9.95. The van der Waals surface area contributed by atoms with Gasteiger partial charge in [-0.15, -0.1) is 22.7 Å². The van der Waals surface area contributed by atoms with Crippen LogP contribution in [0.5, 0.6) is 5.75 Å². The molecule has 178 valence electrons. The SMILES string of the molecule is COc1ccc2cc(-c3csc(NC(=O)C4CCCCN4S(=O)(=O)c4ccc(Cl)s4)n3)oc2c1. The molecule has 1 aromatic carbocycles. The minimum absolute atomic E-state index is 0.134. The number of carbonyl (C=O) groups is 1. The first-order chi connectivity index (χ1) is 16.3. The number of anilines is 1. The van der Waals surface area contributed by atoms with Crippen LogP contribution in [0.25, 0.3) is 22.4 Å². The smallest absolute Gasteiger partial charge is 0.253 e. The average molecular weight is 538 g/mol. The lowest BCUT2D eigenvalue weighted by Crippen LogP contribution is -2.49. The van der Waals surface area contributed by atoms with Crippen LogP contribution < -0.4 is 10.1 Å². The first-order valence-corrected chi connectivity index (χ1v) is 14.0. The van der Waals surface area contributed by atoms with Gasteiger partial charge in [-0.1, -0.05) is 18.0 Å². The number of thiophene rings is 1. The van der Waals surface area contributed by atoms with Gasteiger partial charge in [-0.25, -0.2) is 13.4 Å². The third kappa shape index (κ3) is 4.46. The summed E-state index contributed by atoms with van der Waals surface area (Å²) in [6.07, 6.45) is 1.90. The van der Waals surface area contributed by atoms with E-state index in [1.165, 1.54) is 21.7 Å². The van der Waals surface area contributed by atoms with E-state index in [0.717, 1.165) is 23.1 Å². The first-order valence-electron chi connectivity index (χ1n) is 10.5. The summed E-state index contributed by atoms with van der Waals surface area (Å²) < 4.78 is 39.2. The van der Waals surface area contributed by atoms with E-state index in [1.807, 2.05) is 18.2 Å². The number of hydrogen-bond donors (Lipinski definition) is 1. The highest BCUT2D eigenvalue weighted by Gasteiger charge is 2.38. The van der Waals surface area contributed by atoms with Gasteiger partial charge in [-0.2, -0.15) is 4.31 Å². The van der Waals surface area contributed by atoms with Gasteiger partial charge in [-0.05, 0) is 43.2 Å². The van der Waals surface area contributed by atoms with Gasteiger partial charge < -0.3 is 14.5 Å². The Labute approximate surface area is 209 Å². The fourth-order valence-corrected chi connectivity index (χ4v) is 7.88. The Kier molecular flexibility index (Phi) is 6.38. The summed E-state index contributed by atoms with van der Waals surface area (Å²) in [4.78, 5) is 17.6. The van der Waals surface area contributed by atoms with E-state index in [-0.39, 0.29) is 10.8 Å². The molecule has 5 rings (SSSR count). The summed E-state index contributed by atoms with van der Waals surface area (Å²) >= 11 is 8.18. The number of piperidine rings is 1. The van der Waals surface area contributed by atoms with Crippen molar-refractivity contribution < 1.29 is 22.4 Å². The number of halogens is 1. The maximum atomic E-state index is 13.2. The van der Waals surface area contributed by atoms with Crippen molar-refractivity contribution in [3.05, 3.63) is 46.1 Å². The fraction of sp³-hybridized carbons (Fsp3) is 0.273. The second-order valence-electron chi connectivity index (χ2n) is 7.73. The number of carbonyl (C=O) groups excluding carboxylic acids is 1. The summed E-state index contributed by atoms with van der Waals surface area (Å²) in [5.74, 6) is 0.856. The molecule has 1 aliphatic rings. The number of nitrogens with zero attached hydrogens (tertiary/aromatic N) is 2. The van der Waals surface area contributed by atoms with Crippen molar-refractivity contribution in [3.63, 3.8) is 0 Å². The molecule has 0 spiro atoms. The third-order valence-electron chi connectivity index (χ3n) is 5.58. The van der Waals surface area contributed by atoms with Crippen molar-refractivity contribution in [2.75, 3.05) is 19.0 Å². The number of thiazole rings is 1. The van der Waals surface area contributed by atoms with Gasteiger partial charge in [0.05, 0.1) is 11.4 Å². The molecular weight excluding hydrogens is 518 g/mol. The van der Waals surface area contributed by atoms with Crippen LogP contribution in [-0.2, 0) is 14.8 Å². The number of hydrogen-bond acceptors (Lipinski definition) is 8. The molecule has 1 atom stereocenters. The van der Waals surface area contributed by atoms with Crippen LogP contribution in [-0.4, -0.2) is 43.3 Å². The number of benzene rings is 1. The molecule has 1 N–H and O–H groups in total. The van der Waals surface area contributed by atoms with Crippen LogP contribution in [0.1, 0.15) is 19.3 Å². The van der Waals surface area contributed by atoms with Crippen molar-refractivity contribution in [1.82, 2.24) is 9.29 Å².